The quantitative estimate of drug-likeness (QED) is 0.711. The lowest BCUT2D eigenvalue weighted by molar-refractivity contribution is 0.300. The van der Waals surface area contributed by atoms with Gasteiger partial charge in [-0.1, -0.05) is 0 Å². The van der Waals surface area contributed by atoms with Gasteiger partial charge in [0.15, 0.2) is 0 Å². The summed E-state index contributed by atoms with van der Waals surface area (Å²) in [6.45, 7) is 5.06. The van der Waals surface area contributed by atoms with Crippen LogP contribution in [0.1, 0.15) is 32.1 Å². The second-order valence-corrected chi connectivity index (χ2v) is 5.40. The van der Waals surface area contributed by atoms with Crippen molar-refractivity contribution in [1.82, 2.24) is 15.5 Å². The molecule has 0 radical (unpaired) electrons. The van der Waals surface area contributed by atoms with Crippen LogP contribution < -0.4 is 10.6 Å². The van der Waals surface area contributed by atoms with Gasteiger partial charge in [-0.2, -0.15) is 0 Å². The lowest BCUT2D eigenvalue weighted by Gasteiger charge is -2.27. The fraction of sp³-hybridized carbons (Fsp3) is 1.00. The lowest BCUT2D eigenvalue weighted by atomic mass is 10.1. The van der Waals surface area contributed by atoms with E-state index >= 15 is 0 Å². The Kier molecular flexibility index (Phi) is 2.95. The zero-order chi connectivity index (χ0) is 10.1. The van der Waals surface area contributed by atoms with Crippen LogP contribution >= 0.6 is 0 Å². The van der Waals surface area contributed by atoms with E-state index in [1.54, 1.807) is 0 Å². The Labute approximate surface area is 92.6 Å². The highest BCUT2D eigenvalue weighted by Gasteiger charge is 2.34. The topological polar surface area (TPSA) is 27.3 Å². The predicted molar refractivity (Wildman–Crippen MR) is 62.0 cm³/mol. The molecule has 0 bridgehead atoms. The monoisotopic (exact) mass is 209 g/mol. The maximum absolute atomic E-state index is 3.85. The molecular formula is C12H23N3. The van der Waals surface area contributed by atoms with E-state index in [-0.39, 0.29) is 0 Å². The minimum absolute atomic E-state index is 0.786. The number of hydrogen-bond donors (Lipinski definition) is 2. The van der Waals surface area contributed by atoms with Gasteiger partial charge in [0.25, 0.3) is 0 Å². The Hall–Kier alpha value is -0.120. The molecule has 86 valence electrons. The molecule has 0 spiro atoms. The molecule has 0 amide bonds. The summed E-state index contributed by atoms with van der Waals surface area (Å²) in [7, 11) is 0. The van der Waals surface area contributed by atoms with Crippen LogP contribution in [-0.4, -0.2) is 49.2 Å². The average molecular weight is 209 g/mol. The molecule has 2 N–H and O–H groups in total. The lowest BCUT2D eigenvalue weighted by Crippen LogP contribution is -2.45. The number of hydrogen-bond acceptors (Lipinski definition) is 3. The Morgan fingerprint density at radius 1 is 0.933 bits per heavy atom. The molecule has 3 aliphatic rings. The highest BCUT2D eigenvalue weighted by Crippen LogP contribution is 2.29. The SMILES string of the molecule is C1CC(NC2CCN(C3CC3)C2)CCN1. The summed E-state index contributed by atoms with van der Waals surface area (Å²) in [5, 5.41) is 7.27. The van der Waals surface area contributed by atoms with Crippen LogP contribution in [0.3, 0.4) is 0 Å². The molecule has 2 saturated heterocycles. The van der Waals surface area contributed by atoms with E-state index < -0.39 is 0 Å². The molecule has 3 heteroatoms. The highest BCUT2D eigenvalue weighted by molar-refractivity contribution is 4.93. The summed E-state index contributed by atoms with van der Waals surface area (Å²) < 4.78 is 0. The maximum Gasteiger partial charge on any atom is 0.0209 e. The van der Waals surface area contributed by atoms with Crippen molar-refractivity contribution in [2.45, 2.75) is 50.2 Å². The molecule has 1 unspecified atom stereocenters. The van der Waals surface area contributed by atoms with E-state index in [1.165, 1.54) is 58.3 Å². The van der Waals surface area contributed by atoms with Crippen LogP contribution in [0.2, 0.25) is 0 Å². The van der Waals surface area contributed by atoms with E-state index in [1.807, 2.05) is 0 Å². The summed E-state index contributed by atoms with van der Waals surface area (Å²) in [5.74, 6) is 0. The van der Waals surface area contributed by atoms with Crippen molar-refractivity contribution in [1.29, 1.82) is 0 Å². The standard InChI is InChI=1S/C12H23N3/c1-2-12(1)15-8-5-11(9-15)14-10-3-6-13-7-4-10/h10-14H,1-9H2. The van der Waals surface area contributed by atoms with E-state index in [9.17, 15) is 0 Å². The minimum Gasteiger partial charge on any atom is -0.317 e. The molecule has 0 aromatic carbocycles. The van der Waals surface area contributed by atoms with Gasteiger partial charge in [-0.3, -0.25) is 4.90 Å². The molecule has 2 aliphatic heterocycles. The Morgan fingerprint density at radius 2 is 1.73 bits per heavy atom. The van der Waals surface area contributed by atoms with E-state index in [4.69, 9.17) is 0 Å². The molecule has 1 aliphatic carbocycles. The van der Waals surface area contributed by atoms with Crippen LogP contribution in [0.4, 0.5) is 0 Å². The van der Waals surface area contributed by atoms with Gasteiger partial charge in [0, 0.05) is 31.2 Å². The predicted octanol–water partition coefficient (Wildman–Crippen LogP) is 0.565. The van der Waals surface area contributed by atoms with Gasteiger partial charge < -0.3 is 10.6 Å². The molecule has 0 aromatic heterocycles. The normalized spacial score (nSPS) is 34.8. The zero-order valence-corrected chi connectivity index (χ0v) is 9.54. The second kappa shape index (κ2) is 4.40. The second-order valence-electron chi connectivity index (χ2n) is 5.40. The van der Waals surface area contributed by atoms with Crippen LogP contribution in [0.5, 0.6) is 0 Å². The zero-order valence-electron chi connectivity index (χ0n) is 9.54. The third kappa shape index (κ3) is 2.52. The molecule has 15 heavy (non-hydrogen) atoms. The molecule has 2 heterocycles. The largest absolute Gasteiger partial charge is 0.317 e. The Morgan fingerprint density at radius 3 is 2.47 bits per heavy atom. The third-order valence-electron chi connectivity index (χ3n) is 4.09. The number of nitrogens with zero attached hydrogens (tertiary/aromatic N) is 1. The minimum atomic E-state index is 0.786. The van der Waals surface area contributed by atoms with Crippen molar-refractivity contribution < 1.29 is 0 Å². The van der Waals surface area contributed by atoms with Gasteiger partial charge >= 0.3 is 0 Å². The summed E-state index contributed by atoms with van der Waals surface area (Å²) in [6, 6.07) is 2.54. The number of piperidine rings is 1. The van der Waals surface area contributed by atoms with Gasteiger partial charge in [0.2, 0.25) is 0 Å². The van der Waals surface area contributed by atoms with Crippen LogP contribution in [0.15, 0.2) is 0 Å². The van der Waals surface area contributed by atoms with Gasteiger partial charge in [-0.25, -0.2) is 0 Å². The number of rotatable bonds is 3. The first kappa shape index (κ1) is 10.1. The molecule has 0 aromatic rings. The highest BCUT2D eigenvalue weighted by atomic mass is 15.2. The fourth-order valence-electron chi connectivity index (χ4n) is 3.02. The molecule has 3 fully saturated rings. The van der Waals surface area contributed by atoms with Gasteiger partial charge in [-0.15, -0.1) is 0 Å². The van der Waals surface area contributed by atoms with Crippen LogP contribution in [0, 0.1) is 0 Å². The van der Waals surface area contributed by atoms with Gasteiger partial charge in [-0.05, 0) is 45.2 Å². The summed E-state index contributed by atoms with van der Waals surface area (Å²) >= 11 is 0. The van der Waals surface area contributed by atoms with Crippen LogP contribution in [-0.2, 0) is 0 Å². The van der Waals surface area contributed by atoms with Gasteiger partial charge in [0.05, 0.1) is 0 Å². The average Bonchev–Trinajstić information content (AvgIpc) is 3.02. The Bertz CT molecular complexity index is 209. The first-order chi connectivity index (χ1) is 7.42. The van der Waals surface area contributed by atoms with Crippen LogP contribution in [0.25, 0.3) is 0 Å². The van der Waals surface area contributed by atoms with E-state index in [0.29, 0.717) is 0 Å². The smallest absolute Gasteiger partial charge is 0.0209 e. The maximum atomic E-state index is 3.85. The van der Waals surface area contributed by atoms with Crippen molar-refractivity contribution >= 4 is 0 Å². The summed E-state index contributed by atoms with van der Waals surface area (Å²) in [6.07, 6.45) is 6.93. The first-order valence-corrected chi connectivity index (χ1v) is 6.62. The van der Waals surface area contributed by atoms with Crippen molar-refractivity contribution in [3.05, 3.63) is 0 Å². The molecule has 3 nitrogen and oxygen atoms in total. The van der Waals surface area contributed by atoms with Crippen molar-refractivity contribution in [2.24, 2.45) is 0 Å². The van der Waals surface area contributed by atoms with Gasteiger partial charge in [0.1, 0.15) is 0 Å². The molecule has 1 saturated carbocycles. The fourth-order valence-corrected chi connectivity index (χ4v) is 3.02. The Balaban J connectivity index is 1.43. The van der Waals surface area contributed by atoms with E-state index in [0.717, 1.165) is 18.1 Å². The third-order valence-corrected chi connectivity index (χ3v) is 4.09. The summed E-state index contributed by atoms with van der Waals surface area (Å²) in [5.41, 5.74) is 0. The molecular weight excluding hydrogens is 186 g/mol. The number of nitrogens with one attached hydrogen (secondary N) is 2. The van der Waals surface area contributed by atoms with Crippen molar-refractivity contribution in [3.8, 4) is 0 Å². The summed E-state index contributed by atoms with van der Waals surface area (Å²) in [4.78, 5) is 2.69. The molecule has 1 atom stereocenters. The first-order valence-electron chi connectivity index (χ1n) is 6.62. The molecule has 3 rings (SSSR count). The van der Waals surface area contributed by atoms with Crippen molar-refractivity contribution in [3.63, 3.8) is 0 Å². The van der Waals surface area contributed by atoms with E-state index in [2.05, 4.69) is 15.5 Å². The number of likely N-dealkylation sites (tertiary alicyclic amines) is 1. The van der Waals surface area contributed by atoms with Crippen molar-refractivity contribution in [2.75, 3.05) is 26.2 Å².